The van der Waals surface area contributed by atoms with Crippen molar-refractivity contribution in [1.29, 1.82) is 0 Å². The molecule has 2 rings (SSSR count). The van der Waals surface area contributed by atoms with Crippen LogP contribution in [-0.4, -0.2) is 59.3 Å². The fraction of sp³-hybridized carbons (Fsp3) is 0.400. The maximum absolute atomic E-state index is 13.1. The van der Waals surface area contributed by atoms with Crippen LogP contribution in [0.1, 0.15) is 44.7 Å². The number of phenols is 2. The number of aromatic hydroxyl groups is 2. The number of hydrogen-bond donors (Lipinski definition) is 2. The van der Waals surface area contributed by atoms with E-state index < -0.39 is 17.4 Å². The second-order valence-electron chi connectivity index (χ2n) is 7.79. The summed E-state index contributed by atoms with van der Waals surface area (Å²) in [6, 6.07) is 13.4. The van der Waals surface area contributed by atoms with Crippen LogP contribution in [0.3, 0.4) is 0 Å². The first kappa shape index (κ1) is 25.7. The van der Waals surface area contributed by atoms with Crippen molar-refractivity contribution in [3.8, 4) is 11.5 Å². The number of amides is 1. The molecule has 33 heavy (non-hydrogen) atoms. The van der Waals surface area contributed by atoms with Gasteiger partial charge in [0.1, 0.15) is 24.6 Å². The minimum atomic E-state index is -0.642. The number of nitrogens with zero attached hydrogens (tertiary/aromatic N) is 1. The van der Waals surface area contributed by atoms with Crippen LogP contribution in [0.25, 0.3) is 0 Å². The second kappa shape index (κ2) is 11.9. The molecular formula is C25H31NO7. The Hall–Kier alpha value is -3.55. The van der Waals surface area contributed by atoms with Gasteiger partial charge in [-0.3, -0.25) is 14.4 Å². The molecule has 0 bridgehead atoms. The molecule has 178 valence electrons. The number of carbonyl (C=O) groups excluding carboxylic acids is 3. The molecule has 8 nitrogen and oxygen atoms in total. The molecule has 0 saturated carbocycles. The molecule has 0 fully saturated rings. The topological polar surface area (TPSA) is 113 Å². The first-order valence-electron chi connectivity index (χ1n) is 10.9. The summed E-state index contributed by atoms with van der Waals surface area (Å²) in [5.41, 5.74) is 1.08. The minimum absolute atomic E-state index is 0.0388. The van der Waals surface area contributed by atoms with Gasteiger partial charge in [-0.15, -0.1) is 0 Å². The predicted octanol–water partition coefficient (Wildman–Crippen LogP) is 3.14. The molecule has 0 aliphatic heterocycles. The van der Waals surface area contributed by atoms with Crippen molar-refractivity contribution in [2.24, 2.45) is 0 Å². The van der Waals surface area contributed by atoms with Crippen LogP contribution in [0.2, 0.25) is 0 Å². The van der Waals surface area contributed by atoms with E-state index in [4.69, 9.17) is 9.47 Å². The summed E-state index contributed by atoms with van der Waals surface area (Å²) in [6.45, 7) is 4.92. The van der Waals surface area contributed by atoms with Gasteiger partial charge in [-0.25, -0.2) is 0 Å². The average molecular weight is 458 g/mol. The molecule has 0 aliphatic carbocycles. The van der Waals surface area contributed by atoms with Crippen molar-refractivity contribution in [2.45, 2.75) is 39.0 Å². The fourth-order valence-electron chi connectivity index (χ4n) is 3.59. The molecule has 0 radical (unpaired) electrons. The Morgan fingerprint density at radius 1 is 0.788 bits per heavy atom. The molecule has 0 unspecified atom stereocenters. The molecule has 0 atom stereocenters. The Morgan fingerprint density at radius 3 is 1.55 bits per heavy atom. The van der Waals surface area contributed by atoms with Gasteiger partial charge in [0.05, 0.1) is 13.2 Å². The van der Waals surface area contributed by atoms with Gasteiger partial charge in [-0.2, -0.15) is 0 Å². The third-order valence-electron chi connectivity index (χ3n) is 5.45. The van der Waals surface area contributed by atoms with Gasteiger partial charge in [-0.1, -0.05) is 31.2 Å². The lowest BCUT2D eigenvalue weighted by Gasteiger charge is -2.32. The summed E-state index contributed by atoms with van der Waals surface area (Å²) < 4.78 is 9.88. The molecule has 0 aliphatic rings. The van der Waals surface area contributed by atoms with Gasteiger partial charge in [-0.05, 0) is 55.7 Å². The van der Waals surface area contributed by atoms with Gasteiger partial charge in [0, 0.05) is 11.8 Å². The van der Waals surface area contributed by atoms with E-state index >= 15 is 0 Å². The van der Waals surface area contributed by atoms with Gasteiger partial charge in [0.25, 0.3) is 0 Å². The number of rotatable bonds is 11. The molecule has 1 amide bonds. The molecule has 8 heteroatoms. The van der Waals surface area contributed by atoms with Crippen LogP contribution in [0.4, 0.5) is 0 Å². The molecule has 0 saturated heterocycles. The minimum Gasteiger partial charge on any atom is -0.508 e. The van der Waals surface area contributed by atoms with E-state index in [2.05, 4.69) is 0 Å². The highest BCUT2D eigenvalue weighted by molar-refractivity contribution is 5.86. The summed E-state index contributed by atoms with van der Waals surface area (Å²) in [5.74, 6) is -1.35. The zero-order valence-electron chi connectivity index (χ0n) is 19.2. The molecule has 2 aromatic carbocycles. The maximum atomic E-state index is 13.1. The monoisotopic (exact) mass is 457 g/mol. The van der Waals surface area contributed by atoms with Crippen LogP contribution in [0, 0.1) is 0 Å². The van der Waals surface area contributed by atoms with Gasteiger partial charge < -0.3 is 24.6 Å². The van der Waals surface area contributed by atoms with E-state index in [-0.39, 0.29) is 50.1 Å². The Labute approximate surface area is 193 Å². The zero-order chi connectivity index (χ0) is 24.4. The van der Waals surface area contributed by atoms with E-state index in [1.165, 1.54) is 0 Å². The van der Waals surface area contributed by atoms with Gasteiger partial charge in [0.15, 0.2) is 0 Å². The molecular weight excluding hydrogens is 426 g/mol. The number of benzene rings is 2. The van der Waals surface area contributed by atoms with E-state index in [1.807, 2.05) is 6.92 Å². The van der Waals surface area contributed by atoms with Crippen LogP contribution >= 0.6 is 0 Å². The summed E-state index contributed by atoms with van der Waals surface area (Å²) in [7, 11) is 0. The quantitative estimate of drug-likeness (QED) is 0.498. The Balaban J connectivity index is 2.27. The predicted molar refractivity (Wildman–Crippen MR) is 122 cm³/mol. The number of esters is 2. The first-order chi connectivity index (χ1) is 15.7. The van der Waals surface area contributed by atoms with Crippen molar-refractivity contribution in [2.75, 3.05) is 26.3 Å². The highest BCUT2D eigenvalue weighted by Gasteiger charge is 2.31. The summed E-state index contributed by atoms with van der Waals surface area (Å²) in [4.78, 5) is 38.2. The molecule has 2 aromatic rings. The van der Waals surface area contributed by atoms with Crippen LogP contribution in [0.15, 0.2) is 48.5 Å². The lowest BCUT2D eigenvalue weighted by molar-refractivity contribution is -0.154. The van der Waals surface area contributed by atoms with E-state index in [0.29, 0.717) is 6.42 Å². The summed E-state index contributed by atoms with van der Waals surface area (Å²) in [6.07, 6.45) is 0.389. The zero-order valence-corrected chi connectivity index (χ0v) is 19.2. The normalized spacial score (nSPS) is 11.0. The van der Waals surface area contributed by atoms with Gasteiger partial charge >= 0.3 is 11.9 Å². The average Bonchev–Trinajstić information content (AvgIpc) is 2.78. The van der Waals surface area contributed by atoms with Crippen molar-refractivity contribution in [1.82, 2.24) is 4.90 Å². The van der Waals surface area contributed by atoms with E-state index in [1.54, 1.807) is 62.4 Å². The molecule has 0 heterocycles. The highest BCUT2D eigenvalue weighted by Crippen LogP contribution is 2.38. The third-order valence-corrected chi connectivity index (χ3v) is 5.45. The molecule has 0 spiro atoms. The van der Waals surface area contributed by atoms with Crippen molar-refractivity contribution in [3.63, 3.8) is 0 Å². The molecule has 0 aromatic heterocycles. The highest BCUT2D eigenvalue weighted by atomic mass is 16.5. The van der Waals surface area contributed by atoms with Gasteiger partial charge in [0.2, 0.25) is 5.91 Å². The maximum Gasteiger partial charge on any atom is 0.325 e. The number of hydrogen-bond acceptors (Lipinski definition) is 7. The molecule has 2 N–H and O–H groups in total. The van der Waals surface area contributed by atoms with Crippen LogP contribution in [0.5, 0.6) is 11.5 Å². The largest absolute Gasteiger partial charge is 0.508 e. The summed E-state index contributed by atoms with van der Waals surface area (Å²) in [5, 5.41) is 19.4. The SMILES string of the molecule is CCOC(=O)CN(CC(=O)OCC)C(=O)CCC(C)(c1ccc(O)cc1)c1ccc(O)cc1. The van der Waals surface area contributed by atoms with E-state index in [9.17, 15) is 24.6 Å². The second-order valence-corrected chi connectivity index (χ2v) is 7.79. The van der Waals surface area contributed by atoms with Crippen LogP contribution < -0.4 is 0 Å². The third kappa shape index (κ3) is 7.24. The number of carbonyl (C=O) groups is 3. The lowest BCUT2D eigenvalue weighted by atomic mass is 9.73. The van der Waals surface area contributed by atoms with Crippen molar-refractivity contribution >= 4 is 17.8 Å². The number of ether oxygens (including phenoxy) is 2. The number of phenolic OH excluding ortho intramolecular Hbond substituents is 2. The summed E-state index contributed by atoms with van der Waals surface area (Å²) >= 11 is 0. The Morgan fingerprint density at radius 2 is 1.18 bits per heavy atom. The Kier molecular flexibility index (Phi) is 9.27. The first-order valence-corrected chi connectivity index (χ1v) is 10.9. The lowest BCUT2D eigenvalue weighted by Crippen LogP contribution is -2.41. The Bertz CT molecular complexity index is 873. The standard InChI is InChI=1S/C25H31NO7/c1-4-32-23(30)16-26(17-24(31)33-5-2)22(29)14-15-25(3,18-6-10-20(27)11-7-18)19-8-12-21(28)13-9-19/h6-13,27-28H,4-5,14-17H2,1-3H3. The smallest absolute Gasteiger partial charge is 0.325 e. The van der Waals surface area contributed by atoms with Crippen LogP contribution in [-0.2, 0) is 29.3 Å². The fourth-order valence-corrected chi connectivity index (χ4v) is 3.59. The van der Waals surface area contributed by atoms with E-state index in [0.717, 1.165) is 16.0 Å². The van der Waals surface area contributed by atoms with Crippen molar-refractivity contribution in [3.05, 3.63) is 59.7 Å². The van der Waals surface area contributed by atoms with Crippen molar-refractivity contribution < 1.29 is 34.1 Å².